The number of hydrogen-bond donors (Lipinski definition) is 2. The molecule has 0 atom stereocenters. The van der Waals surface area contributed by atoms with Crippen molar-refractivity contribution in [2.45, 2.75) is 6.18 Å². The van der Waals surface area contributed by atoms with E-state index >= 15 is 0 Å². The zero-order valence-electron chi connectivity index (χ0n) is 14.6. The van der Waals surface area contributed by atoms with Gasteiger partial charge in [-0.2, -0.15) is 13.2 Å². The van der Waals surface area contributed by atoms with Gasteiger partial charge < -0.3 is 15.0 Å². The Morgan fingerprint density at radius 3 is 2.64 bits per heavy atom. The molecule has 0 radical (unpaired) electrons. The van der Waals surface area contributed by atoms with Crippen molar-refractivity contribution < 1.29 is 17.9 Å². The number of hydrogen-bond acceptors (Lipinski definition) is 5. The van der Waals surface area contributed by atoms with E-state index in [4.69, 9.17) is 4.74 Å². The third-order valence-corrected chi connectivity index (χ3v) is 4.05. The molecule has 0 aliphatic heterocycles. The molecule has 0 amide bonds. The van der Waals surface area contributed by atoms with Gasteiger partial charge in [0, 0.05) is 23.9 Å². The average Bonchev–Trinajstić information content (AvgIpc) is 3.11. The summed E-state index contributed by atoms with van der Waals surface area (Å²) in [4.78, 5) is 15.9. The van der Waals surface area contributed by atoms with Gasteiger partial charge in [-0.1, -0.05) is 12.1 Å². The summed E-state index contributed by atoms with van der Waals surface area (Å²) in [5.74, 6) is 2.01. The summed E-state index contributed by atoms with van der Waals surface area (Å²) in [6, 6.07) is 10.1. The number of ether oxygens (including phenoxy) is 1. The smallest absolute Gasteiger partial charge is 0.416 e. The van der Waals surface area contributed by atoms with Crippen molar-refractivity contribution in [2.75, 3.05) is 12.4 Å². The monoisotopic (exact) mass is 385 g/mol. The van der Waals surface area contributed by atoms with Gasteiger partial charge in [-0.25, -0.2) is 15.0 Å². The standard InChI is InChI=1S/C19H14F3N5O/c1-28-13-5-6-23-16(8-13)27-17-9-14-15(10-24-17)26-18(25-14)11-3-2-4-12(7-11)19(20,21)22/h2-10H,1H3,(H,25,26)(H,23,24,27). The molecule has 3 heterocycles. The zero-order chi connectivity index (χ0) is 19.7. The molecule has 0 bridgehead atoms. The van der Waals surface area contributed by atoms with Crippen LogP contribution in [0.1, 0.15) is 5.56 Å². The number of H-pyrrole nitrogens is 1. The number of aromatic amines is 1. The molecule has 0 spiro atoms. The third-order valence-electron chi connectivity index (χ3n) is 4.05. The Morgan fingerprint density at radius 1 is 1.04 bits per heavy atom. The van der Waals surface area contributed by atoms with Gasteiger partial charge in [0.2, 0.25) is 0 Å². The van der Waals surface area contributed by atoms with Crippen molar-refractivity contribution in [2.24, 2.45) is 0 Å². The second-order valence-corrected chi connectivity index (χ2v) is 5.96. The highest BCUT2D eigenvalue weighted by Crippen LogP contribution is 2.32. The van der Waals surface area contributed by atoms with Crippen molar-refractivity contribution in [3.05, 3.63) is 60.4 Å². The molecule has 4 rings (SSSR count). The van der Waals surface area contributed by atoms with Crippen molar-refractivity contribution in [1.82, 2.24) is 19.9 Å². The molecule has 1 aromatic carbocycles. The number of anilines is 2. The molecule has 0 saturated carbocycles. The Morgan fingerprint density at radius 2 is 1.86 bits per heavy atom. The number of aromatic nitrogens is 4. The molecule has 28 heavy (non-hydrogen) atoms. The van der Waals surface area contributed by atoms with Crippen LogP contribution in [0, 0.1) is 0 Å². The second kappa shape index (κ2) is 6.84. The van der Waals surface area contributed by atoms with Crippen LogP contribution in [0.5, 0.6) is 5.75 Å². The molecule has 0 unspecified atom stereocenters. The number of nitrogens with one attached hydrogen (secondary N) is 2. The minimum atomic E-state index is -4.41. The fourth-order valence-corrected chi connectivity index (χ4v) is 2.70. The molecule has 0 aliphatic carbocycles. The van der Waals surface area contributed by atoms with Crippen LogP contribution >= 0.6 is 0 Å². The number of fused-ring (bicyclic) bond motifs is 1. The van der Waals surface area contributed by atoms with Crippen LogP contribution in [-0.2, 0) is 6.18 Å². The number of benzene rings is 1. The zero-order valence-corrected chi connectivity index (χ0v) is 14.6. The SMILES string of the molecule is COc1ccnc(Nc2cc3nc(-c4cccc(C(F)(F)F)c4)[nH]c3cn2)c1. The van der Waals surface area contributed by atoms with E-state index in [0.29, 0.717) is 39.8 Å². The summed E-state index contributed by atoms with van der Waals surface area (Å²) < 4.78 is 44.0. The number of methoxy groups -OCH3 is 1. The van der Waals surface area contributed by atoms with Gasteiger partial charge in [0.25, 0.3) is 0 Å². The summed E-state index contributed by atoms with van der Waals surface area (Å²) in [6.07, 6.45) is -1.26. The summed E-state index contributed by atoms with van der Waals surface area (Å²) >= 11 is 0. The normalized spacial score (nSPS) is 11.6. The van der Waals surface area contributed by atoms with Gasteiger partial charge in [0.15, 0.2) is 0 Å². The maximum Gasteiger partial charge on any atom is 0.416 e. The fourth-order valence-electron chi connectivity index (χ4n) is 2.70. The molecule has 4 aromatic rings. The quantitative estimate of drug-likeness (QED) is 0.528. The lowest BCUT2D eigenvalue weighted by molar-refractivity contribution is -0.137. The Labute approximate surface area is 157 Å². The summed E-state index contributed by atoms with van der Waals surface area (Å²) in [6.45, 7) is 0. The lowest BCUT2D eigenvalue weighted by Crippen LogP contribution is -2.04. The average molecular weight is 385 g/mol. The molecule has 0 saturated heterocycles. The van der Waals surface area contributed by atoms with Gasteiger partial charge in [0.05, 0.1) is 29.9 Å². The first-order valence-electron chi connectivity index (χ1n) is 8.23. The molecule has 2 N–H and O–H groups in total. The number of rotatable bonds is 4. The van der Waals surface area contributed by atoms with Crippen LogP contribution in [0.15, 0.2) is 54.9 Å². The maximum absolute atomic E-state index is 12.9. The predicted molar refractivity (Wildman–Crippen MR) is 98.4 cm³/mol. The van der Waals surface area contributed by atoms with Crippen molar-refractivity contribution in [3.63, 3.8) is 0 Å². The topological polar surface area (TPSA) is 75.7 Å². The lowest BCUT2D eigenvalue weighted by atomic mass is 10.1. The number of nitrogens with zero attached hydrogens (tertiary/aromatic N) is 3. The van der Waals surface area contributed by atoms with E-state index in [0.717, 1.165) is 12.1 Å². The van der Waals surface area contributed by atoms with Crippen molar-refractivity contribution in [1.29, 1.82) is 0 Å². The summed E-state index contributed by atoms with van der Waals surface area (Å²) in [5.41, 5.74) is 0.786. The molecule has 9 heteroatoms. The Balaban J connectivity index is 1.65. The van der Waals surface area contributed by atoms with Gasteiger partial charge in [-0.3, -0.25) is 0 Å². The van der Waals surface area contributed by atoms with E-state index < -0.39 is 11.7 Å². The van der Waals surface area contributed by atoms with Gasteiger partial charge in [-0.05, 0) is 18.2 Å². The van der Waals surface area contributed by atoms with E-state index in [9.17, 15) is 13.2 Å². The number of imidazole rings is 1. The van der Waals surface area contributed by atoms with Crippen LogP contribution in [0.2, 0.25) is 0 Å². The number of pyridine rings is 2. The van der Waals surface area contributed by atoms with Crippen molar-refractivity contribution in [3.8, 4) is 17.1 Å². The highest BCUT2D eigenvalue weighted by atomic mass is 19.4. The minimum absolute atomic E-state index is 0.333. The van der Waals surface area contributed by atoms with E-state index in [2.05, 4.69) is 25.3 Å². The molecular weight excluding hydrogens is 371 g/mol. The first kappa shape index (κ1) is 17.8. The second-order valence-electron chi connectivity index (χ2n) is 5.96. The first-order chi connectivity index (χ1) is 13.4. The Kier molecular flexibility index (Phi) is 4.34. The first-order valence-corrected chi connectivity index (χ1v) is 8.23. The van der Waals surface area contributed by atoms with E-state index in [1.54, 1.807) is 43.8 Å². The largest absolute Gasteiger partial charge is 0.497 e. The minimum Gasteiger partial charge on any atom is -0.497 e. The van der Waals surface area contributed by atoms with E-state index in [-0.39, 0.29) is 0 Å². The molecular formula is C19H14F3N5O. The fraction of sp³-hybridized carbons (Fsp3) is 0.105. The molecule has 142 valence electrons. The number of alkyl halides is 3. The number of halogens is 3. The molecule has 0 aliphatic rings. The maximum atomic E-state index is 12.9. The van der Waals surface area contributed by atoms with Crippen LogP contribution < -0.4 is 10.1 Å². The predicted octanol–water partition coefficient (Wildman–Crippen LogP) is 4.79. The molecule has 0 fully saturated rings. The lowest BCUT2D eigenvalue weighted by Gasteiger charge is -2.07. The Bertz CT molecular complexity index is 1140. The van der Waals surface area contributed by atoms with Crippen LogP contribution in [0.3, 0.4) is 0 Å². The van der Waals surface area contributed by atoms with Crippen LogP contribution in [0.25, 0.3) is 22.4 Å². The van der Waals surface area contributed by atoms with Crippen molar-refractivity contribution >= 4 is 22.7 Å². The third kappa shape index (κ3) is 3.59. The van der Waals surface area contributed by atoms with Gasteiger partial charge >= 0.3 is 6.18 Å². The van der Waals surface area contributed by atoms with E-state index in [1.807, 2.05) is 0 Å². The molecule has 6 nitrogen and oxygen atoms in total. The Hall–Kier alpha value is -3.62. The highest BCUT2D eigenvalue weighted by molar-refractivity contribution is 5.81. The van der Waals surface area contributed by atoms with Gasteiger partial charge in [-0.15, -0.1) is 0 Å². The summed E-state index contributed by atoms with van der Waals surface area (Å²) in [7, 11) is 1.56. The molecule has 3 aromatic heterocycles. The van der Waals surface area contributed by atoms with E-state index in [1.165, 1.54) is 6.07 Å². The highest BCUT2D eigenvalue weighted by Gasteiger charge is 2.30. The summed E-state index contributed by atoms with van der Waals surface area (Å²) in [5, 5.41) is 3.04. The van der Waals surface area contributed by atoms with Crippen LogP contribution in [-0.4, -0.2) is 27.0 Å². The van der Waals surface area contributed by atoms with Gasteiger partial charge in [0.1, 0.15) is 23.2 Å². The van der Waals surface area contributed by atoms with Crippen LogP contribution in [0.4, 0.5) is 24.8 Å².